The zero-order valence-electron chi connectivity index (χ0n) is 15.9. The maximum atomic E-state index is 13.9. The second-order valence-corrected chi connectivity index (χ2v) is 8.51. The third kappa shape index (κ3) is 3.76. The standard InChI is InChI=1S/C21H22FN3O3S/c22-15-7-2-1-6-14(15)16-8-9-17(29-16)18(26)23-12-5-13-25-19(27)21(24-20(25)28)10-3-4-11-21/h1-2,6-9H,3-5,10-13H2,(H,23,26)(H,24,28). The average molecular weight is 415 g/mol. The molecule has 2 N–H and O–H groups in total. The fourth-order valence-corrected chi connectivity index (χ4v) is 4.94. The number of urea groups is 1. The number of hydrogen-bond acceptors (Lipinski definition) is 4. The van der Waals surface area contributed by atoms with Crippen LogP contribution in [0.5, 0.6) is 0 Å². The number of rotatable bonds is 6. The van der Waals surface area contributed by atoms with E-state index in [-0.39, 0.29) is 30.2 Å². The van der Waals surface area contributed by atoms with Gasteiger partial charge in [0.25, 0.3) is 11.8 Å². The molecule has 1 aliphatic heterocycles. The quantitative estimate of drug-likeness (QED) is 0.560. The largest absolute Gasteiger partial charge is 0.351 e. The van der Waals surface area contributed by atoms with Gasteiger partial charge < -0.3 is 10.6 Å². The van der Waals surface area contributed by atoms with Crippen molar-refractivity contribution in [3.8, 4) is 10.4 Å². The smallest absolute Gasteiger partial charge is 0.325 e. The van der Waals surface area contributed by atoms with Crippen LogP contribution in [0.2, 0.25) is 0 Å². The molecule has 4 amide bonds. The summed E-state index contributed by atoms with van der Waals surface area (Å²) in [6.07, 6.45) is 3.78. The molecule has 1 aromatic heterocycles. The number of halogens is 1. The summed E-state index contributed by atoms with van der Waals surface area (Å²) >= 11 is 1.22. The first-order valence-corrected chi connectivity index (χ1v) is 10.6. The Balaban J connectivity index is 1.28. The number of carbonyl (C=O) groups is 3. The van der Waals surface area contributed by atoms with E-state index in [1.54, 1.807) is 30.3 Å². The zero-order chi connectivity index (χ0) is 20.4. The van der Waals surface area contributed by atoms with Gasteiger partial charge in [0.1, 0.15) is 11.4 Å². The van der Waals surface area contributed by atoms with Crippen LogP contribution in [0.4, 0.5) is 9.18 Å². The lowest BCUT2D eigenvalue weighted by molar-refractivity contribution is -0.131. The van der Waals surface area contributed by atoms with Crippen molar-refractivity contribution < 1.29 is 18.8 Å². The summed E-state index contributed by atoms with van der Waals surface area (Å²) in [4.78, 5) is 39.5. The van der Waals surface area contributed by atoms with Crippen LogP contribution in [0.3, 0.4) is 0 Å². The van der Waals surface area contributed by atoms with Gasteiger partial charge in [0.05, 0.1) is 4.88 Å². The molecule has 0 radical (unpaired) electrons. The van der Waals surface area contributed by atoms with Gasteiger partial charge in [-0.15, -0.1) is 11.3 Å². The van der Waals surface area contributed by atoms with Gasteiger partial charge in [-0.2, -0.15) is 0 Å². The summed E-state index contributed by atoms with van der Waals surface area (Å²) in [6, 6.07) is 9.51. The van der Waals surface area contributed by atoms with Gasteiger partial charge >= 0.3 is 6.03 Å². The summed E-state index contributed by atoms with van der Waals surface area (Å²) in [5, 5.41) is 5.65. The van der Waals surface area contributed by atoms with E-state index in [1.165, 1.54) is 22.3 Å². The Morgan fingerprint density at radius 2 is 1.93 bits per heavy atom. The molecule has 2 fully saturated rings. The van der Waals surface area contributed by atoms with Crippen molar-refractivity contribution in [3.05, 3.63) is 47.1 Å². The predicted octanol–water partition coefficient (Wildman–Crippen LogP) is 3.54. The monoisotopic (exact) mass is 415 g/mol. The van der Waals surface area contributed by atoms with Crippen LogP contribution in [-0.2, 0) is 4.79 Å². The Hall–Kier alpha value is -2.74. The maximum absolute atomic E-state index is 13.9. The highest BCUT2D eigenvalue weighted by molar-refractivity contribution is 7.17. The van der Waals surface area contributed by atoms with Crippen LogP contribution in [-0.4, -0.2) is 41.4 Å². The average Bonchev–Trinajstić information content (AvgIpc) is 3.42. The van der Waals surface area contributed by atoms with Gasteiger partial charge in [0, 0.05) is 23.5 Å². The van der Waals surface area contributed by atoms with E-state index in [0.29, 0.717) is 41.1 Å². The molecule has 8 heteroatoms. The Morgan fingerprint density at radius 3 is 2.69 bits per heavy atom. The topological polar surface area (TPSA) is 78.5 Å². The van der Waals surface area contributed by atoms with Crippen molar-refractivity contribution in [3.63, 3.8) is 0 Å². The number of carbonyl (C=O) groups excluding carboxylic acids is 3. The molecule has 1 aromatic carbocycles. The molecule has 2 aromatic rings. The Kier molecular flexibility index (Phi) is 5.36. The highest BCUT2D eigenvalue weighted by Gasteiger charge is 2.51. The van der Waals surface area contributed by atoms with E-state index in [9.17, 15) is 18.8 Å². The lowest BCUT2D eigenvalue weighted by Gasteiger charge is -2.20. The number of hydrogen-bond donors (Lipinski definition) is 2. The van der Waals surface area contributed by atoms with Crippen molar-refractivity contribution in [2.45, 2.75) is 37.6 Å². The molecule has 4 rings (SSSR count). The maximum Gasteiger partial charge on any atom is 0.325 e. The number of nitrogens with zero attached hydrogens (tertiary/aromatic N) is 1. The lowest BCUT2D eigenvalue weighted by Crippen LogP contribution is -2.44. The van der Waals surface area contributed by atoms with E-state index in [2.05, 4.69) is 10.6 Å². The third-order valence-electron chi connectivity index (χ3n) is 5.52. The lowest BCUT2D eigenvalue weighted by atomic mass is 9.98. The third-order valence-corrected chi connectivity index (χ3v) is 6.63. The van der Waals surface area contributed by atoms with Gasteiger partial charge in [0.15, 0.2) is 0 Å². The molecule has 152 valence electrons. The minimum atomic E-state index is -0.694. The second-order valence-electron chi connectivity index (χ2n) is 7.43. The highest BCUT2D eigenvalue weighted by Crippen LogP contribution is 2.35. The molecule has 2 heterocycles. The van der Waals surface area contributed by atoms with E-state index in [1.807, 2.05) is 0 Å². The zero-order valence-corrected chi connectivity index (χ0v) is 16.7. The molecular formula is C21H22FN3O3S. The molecule has 2 aliphatic rings. The van der Waals surface area contributed by atoms with Crippen LogP contribution in [0.15, 0.2) is 36.4 Å². The van der Waals surface area contributed by atoms with Crippen molar-refractivity contribution in [1.29, 1.82) is 0 Å². The van der Waals surface area contributed by atoms with Gasteiger partial charge in [-0.1, -0.05) is 31.0 Å². The van der Waals surface area contributed by atoms with Crippen molar-refractivity contribution in [1.82, 2.24) is 15.5 Å². The van der Waals surface area contributed by atoms with Crippen LogP contribution >= 0.6 is 11.3 Å². The number of thiophene rings is 1. The molecule has 6 nitrogen and oxygen atoms in total. The van der Waals surface area contributed by atoms with Crippen molar-refractivity contribution >= 4 is 29.2 Å². The van der Waals surface area contributed by atoms with E-state index < -0.39 is 5.54 Å². The van der Waals surface area contributed by atoms with Crippen LogP contribution < -0.4 is 10.6 Å². The normalized spacial score (nSPS) is 17.8. The van der Waals surface area contributed by atoms with Crippen LogP contribution in [0.25, 0.3) is 10.4 Å². The highest BCUT2D eigenvalue weighted by atomic mass is 32.1. The summed E-state index contributed by atoms with van der Waals surface area (Å²) in [5.74, 6) is -0.712. The molecule has 0 bridgehead atoms. The van der Waals surface area contributed by atoms with Gasteiger partial charge in [-0.3, -0.25) is 14.5 Å². The Bertz CT molecular complexity index is 952. The second kappa shape index (κ2) is 7.94. The molecular weight excluding hydrogens is 393 g/mol. The molecule has 0 unspecified atom stereocenters. The molecule has 1 saturated carbocycles. The summed E-state index contributed by atoms with van der Waals surface area (Å²) in [7, 11) is 0. The minimum absolute atomic E-state index is 0.140. The number of imide groups is 1. The van der Waals surface area contributed by atoms with Gasteiger partial charge in [-0.25, -0.2) is 9.18 Å². The fraction of sp³-hybridized carbons (Fsp3) is 0.381. The van der Waals surface area contributed by atoms with Crippen LogP contribution in [0, 0.1) is 5.82 Å². The van der Waals surface area contributed by atoms with E-state index in [4.69, 9.17) is 0 Å². The van der Waals surface area contributed by atoms with E-state index in [0.717, 1.165) is 12.8 Å². The number of amides is 4. The predicted molar refractivity (Wildman–Crippen MR) is 108 cm³/mol. The SMILES string of the molecule is O=C(NCCCN1C(=O)NC2(CCCC2)C1=O)c1ccc(-c2ccccc2F)s1. The van der Waals surface area contributed by atoms with Gasteiger partial charge in [-0.05, 0) is 37.5 Å². The summed E-state index contributed by atoms with van der Waals surface area (Å²) < 4.78 is 13.9. The molecule has 1 spiro atoms. The van der Waals surface area contributed by atoms with Crippen LogP contribution in [0.1, 0.15) is 41.8 Å². The number of nitrogens with one attached hydrogen (secondary N) is 2. The Morgan fingerprint density at radius 1 is 1.17 bits per heavy atom. The Labute approximate surface area is 172 Å². The first-order valence-electron chi connectivity index (χ1n) is 9.77. The van der Waals surface area contributed by atoms with Crippen molar-refractivity contribution in [2.75, 3.05) is 13.1 Å². The minimum Gasteiger partial charge on any atom is -0.351 e. The van der Waals surface area contributed by atoms with E-state index >= 15 is 0 Å². The summed E-state index contributed by atoms with van der Waals surface area (Å²) in [6.45, 7) is 0.618. The first kappa shape index (κ1) is 19.6. The molecule has 29 heavy (non-hydrogen) atoms. The molecule has 0 atom stereocenters. The summed E-state index contributed by atoms with van der Waals surface area (Å²) in [5.41, 5.74) is -0.226. The molecule has 1 aliphatic carbocycles. The van der Waals surface area contributed by atoms with Crippen molar-refractivity contribution in [2.24, 2.45) is 0 Å². The molecule has 1 saturated heterocycles. The first-order chi connectivity index (χ1) is 14.0. The number of benzene rings is 1. The fourth-order valence-electron chi connectivity index (χ4n) is 3.99. The van der Waals surface area contributed by atoms with Gasteiger partial charge in [0.2, 0.25) is 0 Å².